The number of rotatable bonds is 7. The van der Waals surface area contributed by atoms with E-state index < -0.39 is 23.6 Å². The van der Waals surface area contributed by atoms with Gasteiger partial charge in [-0.2, -0.15) is 0 Å². The number of carboxylic acids is 1. The molecule has 0 unspecified atom stereocenters. The molecule has 0 atom stereocenters. The fourth-order valence-electron chi connectivity index (χ4n) is 2.14. The summed E-state index contributed by atoms with van der Waals surface area (Å²) in [5.74, 6) is 12.7. The van der Waals surface area contributed by atoms with Crippen LogP contribution in [0.5, 0.6) is 11.5 Å². The fourth-order valence-corrected chi connectivity index (χ4v) is 2.14. The molecule has 34 heavy (non-hydrogen) atoms. The molecule has 0 saturated carbocycles. The van der Waals surface area contributed by atoms with Crippen LogP contribution in [0.3, 0.4) is 0 Å². The third-order valence-corrected chi connectivity index (χ3v) is 3.76. The number of ether oxygens (including phenoxy) is 3. The molecule has 0 bridgehead atoms. The SMILES string of the molecule is CC#CCOC(=O)c1ccc(OCC#CC)cc1F.CC#CCOc1ccc(C(=O)O)c(F)c1. The summed E-state index contributed by atoms with van der Waals surface area (Å²) in [6, 6.07) is 7.50. The van der Waals surface area contributed by atoms with Crippen molar-refractivity contribution in [1.82, 2.24) is 0 Å². The van der Waals surface area contributed by atoms with Crippen LogP contribution in [0.15, 0.2) is 36.4 Å². The molecule has 8 heteroatoms. The molecule has 6 nitrogen and oxygen atoms in total. The summed E-state index contributed by atoms with van der Waals surface area (Å²) in [6.07, 6.45) is 0. The quantitative estimate of drug-likeness (QED) is 0.481. The summed E-state index contributed by atoms with van der Waals surface area (Å²) in [7, 11) is 0. The summed E-state index contributed by atoms with van der Waals surface area (Å²) in [5, 5.41) is 8.57. The van der Waals surface area contributed by atoms with Crippen molar-refractivity contribution in [2.45, 2.75) is 20.8 Å². The van der Waals surface area contributed by atoms with Crippen LogP contribution in [0.1, 0.15) is 41.5 Å². The third-order valence-electron chi connectivity index (χ3n) is 3.76. The topological polar surface area (TPSA) is 82.1 Å². The lowest BCUT2D eigenvalue weighted by Gasteiger charge is -2.05. The molecular weight excluding hydrogens is 446 g/mol. The average molecular weight is 468 g/mol. The molecule has 0 aromatic heterocycles. The number of carbonyl (C=O) groups is 2. The zero-order valence-corrected chi connectivity index (χ0v) is 18.8. The van der Waals surface area contributed by atoms with Gasteiger partial charge in [0.1, 0.15) is 36.3 Å². The molecule has 0 radical (unpaired) electrons. The van der Waals surface area contributed by atoms with Crippen LogP contribution in [0.2, 0.25) is 0 Å². The molecule has 2 rings (SSSR count). The Morgan fingerprint density at radius 2 is 1.21 bits per heavy atom. The molecule has 0 fully saturated rings. The molecule has 0 heterocycles. The lowest BCUT2D eigenvalue weighted by atomic mass is 10.2. The predicted molar refractivity (Wildman–Crippen MR) is 121 cm³/mol. The van der Waals surface area contributed by atoms with Crippen LogP contribution in [-0.2, 0) is 4.74 Å². The van der Waals surface area contributed by atoms with Gasteiger partial charge in [0.05, 0.1) is 11.1 Å². The maximum Gasteiger partial charge on any atom is 0.342 e. The first-order valence-corrected chi connectivity index (χ1v) is 9.77. The van der Waals surface area contributed by atoms with Gasteiger partial charge in [-0.25, -0.2) is 18.4 Å². The van der Waals surface area contributed by atoms with Crippen molar-refractivity contribution < 1.29 is 37.7 Å². The number of aromatic carboxylic acids is 1. The smallest absolute Gasteiger partial charge is 0.342 e. The number of carbonyl (C=O) groups excluding carboxylic acids is 1. The first-order chi connectivity index (χ1) is 16.3. The van der Waals surface area contributed by atoms with Crippen LogP contribution >= 0.6 is 0 Å². The molecule has 1 N–H and O–H groups in total. The van der Waals surface area contributed by atoms with Crippen LogP contribution in [0.4, 0.5) is 8.78 Å². The molecule has 176 valence electrons. The maximum absolute atomic E-state index is 13.7. The average Bonchev–Trinajstić information content (AvgIpc) is 2.80. The standard InChI is InChI=1S/C15H13FO3.C11H9FO3/c1-3-5-9-18-12-7-8-13(14(16)11-12)15(17)19-10-6-4-2;1-2-3-6-15-8-4-5-9(11(13)14)10(12)7-8/h7-8,11H,9-10H2,1-2H3;4-5,7H,6H2,1H3,(H,13,14). The molecule has 0 aliphatic heterocycles. The van der Waals surface area contributed by atoms with E-state index in [0.717, 1.165) is 18.2 Å². The number of hydrogen-bond acceptors (Lipinski definition) is 5. The van der Waals surface area contributed by atoms with E-state index in [1.54, 1.807) is 20.8 Å². The molecule has 0 aliphatic rings. The minimum atomic E-state index is -1.30. The second-order valence-corrected chi connectivity index (χ2v) is 6.02. The predicted octanol–water partition coefficient (Wildman–Crippen LogP) is 4.33. The lowest BCUT2D eigenvalue weighted by molar-refractivity contribution is 0.0550. The van der Waals surface area contributed by atoms with Gasteiger partial charge in [0.2, 0.25) is 0 Å². The minimum absolute atomic E-state index is 0.0564. The van der Waals surface area contributed by atoms with Gasteiger partial charge < -0.3 is 19.3 Å². The van der Waals surface area contributed by atoms with Crippen molar-refractivity contribution in [3.63, 3.8) is 0 Å². The zero-order valence-electron chi connectivity index (χ0n) is 18.8. The highest BCUT2D eigenvalue weighted by molar-refractivity contribution is 5.90. The van der Waals surface area contributed by atoms with Crippen LogP contribution in [0.25, 0.3) is 0 Å². The number of esters is 1. The Morgan fingerprint density at radius 1 is 0.765 bits per heavy atom. The van der Waals surface area contributed by atoms with Gasteiger partial charge in [0.25, 0.3) is 0 Å². The van der Waals surface area contributed by atoms with Crippen molar-refractivity contribution >= 4 is 11.9 Å². The summed E-state index contributed by atoms with van der Waals surface area (Å²) in [4.78, 5) is 22.0. The Bertz CT molecular complexity index is 1190. The van der Waals surface area contributed by atoms with E-state index in [0.29, 0.717) is 5.75 Å². The Balaban J connectivity index is 0.000000350. The summed E-state index contributed by atoms with van der Waals surface area (Å²) in [5.41, 5.74) is -0.518. The van der Waals surface area contributed by atoms with E-state index in [9.17, 15) is 18.4 Å². The van der Waals surface area contributed by atoms with E-state index in [-0.39, 0.29) is 36.7 Å². The minimum Gasteiger partial charge on any atom is -0.481 e. The lowest BCUT2D eigenvalue weighted by Crippen LogP contribution is -2.08. The van der Waals surface area contributed by atoms with Gasteiger partial charge in [0.15, 0.2) is 6.61 Å². The number of hydrogen-bond donors (Lipinski definition) is 1. The van der Waals surface area contributed by atoms with Gasteiger partial charge in [-0.15, -0.1) is 17.8 Å². The monoisotopic (exact) mass is 468 g/mol. The van der Waals surface area contributed by atoms with E-state index in [1.165, 1.54) is 18.2 Å². The van der Waals surface area contributed by atoms with Gasteiger partial charge in [-0.1, -0.05) is 17.8 Å². The molecule has 2 aromatic rings. The molecule has 0 saturated heterocycles. The normalized spacial score (nSPS) is 8.74. The zero-order chi connectivity index (χ0) is 25.3. The second kappa shape index (κ2) is 15.3. The van der Waals surface area contributed by atoms with E-state index >= 15 is 0 Å². The van der Waals surface area contributed by atoms with E-state index in [2.05, 4.69) is 35.5 Å². The molecule has 0 spiro atoms. The first-order valence-electron chi connectivity index (χ1n) is 9.77. The number of carboxylic acid groups (broad SMARTS) is 1. The highest BCUT2D eigenvalue weighted by Crippen LogP contribution is 2.18. The van der Waals surface area contributed by atoms with Gasteiger partial charge >= 0.3 is 11.9 Å². The number of benzene rings is 2. The van der Waals surface area contributed by atoms with Crippen molar-refractivity contribution in [2.75, 3.05) is 19.8 Å². The van der Waals surface area contributed by atoms with Crippen LogP contribution in [-0.4, -0.2) is 36.9 Å². The summed E-state index contributed by atoms with van der Waals surface area (Å²) in [6.45, 7) is 5.24. The Morgan fingerprint density at radius 3 is 1.62 bits per heavy atom. The highest BCUT2D eigenvalue weighted by Gasteiger charge is 2.13. The van der Waals surface area contributed by atoms with Crippen LogP contribution < -0.4 is 9.47 Å². The Labute approximate surface area is 196 Å². The Kier molecular flexibility index (Phi) is 12.4. The van der Waals surface area contributed by atoms with Crippen molar-refractivity contribution in [3.8, 4) is 47.0 Å². The second-order valence-electron chi connectivity index (χ2n) is 6.02. The Hall–Kier alpha value is -4.48. The van der Waals surface area contributed by atoms with Gasteiger partial charge in [-0.3, -0.25) is 0 Å². The van der Waals surface area contributed by atoms with Crippen LogP contribution in [0, 0.1) is 47.2 Å². The van der Waals surface area contributed by atoms with Crippen molar-refractivity contribution in [2.24, 2.45) is 0 Å². The maximum atomic E-state index is 13.7. The largest absolute Gasteiger partial charge is 0.481 e. The van der Waals surface area contributed by atoms with Gasteiger partial charge in [0, 0.05) is 12.1 Å². The van der Waals surface area contributed by atoms with Crippen molar-refractivity contribution in [3.05, 3.63) is 59.2 Å². The molecule has 0 amide bonds. The summed E-state index contributed by atoms with van der Waals surface area (Å²) >= 11 is 0. The fraction of sp³-hybridized carbons (Fsp3) is 0.231. The highest BCUT2D eigenvalue weighted by atomic mass is 19.1. The van der Waals surface area contributed by atoms with Crippen molar-refractivity contribution in [1.29, 1.82) is 0 Å². The number of halogens is 2. The summed E-state index contributed by atoms with van der Waals surface area (Å²) < 4.78 is 41.8. The molecule has 0 aliphatic carbocycles. The molecule has 2 aromatic carbocycles. The van der Waals surface area contributed by atoms with Gasteiger partial charge in [-0.05, 0) is 45.0 Å². The third kappa shape index (κ3) is 9.77. The first kappa shape index (κ1) is 27.6. The van der Waals surface area contributed by atoms with E-state index in [4.69, 9.17) is 19.3 Å². The molecular formula is C26H22F2O6. The van der Waals surface area contributed by atoms with E-state index in [1.807, 2.05) is 0 Å².